The second-order valence-electron chi connectivity index (χ2n) is 7.34. The number of hydrogen-bond acceptors (Lipinski definition) is 5. The molecular weight excluding hydrogens is 334 g/mol. The van der Waals surface area contributed by atoms with Crippen molar-refractivity contribution in [3.63, 3.8) is 0 Å². The lowest BCUT2D eigenvalue weighted by Gasteiger charge is -2.56. The van der Waals surface area contributed by atoms with Gasteiger partial charge >= 0.3 is 0 Å². The van der Waals surface area contributed by atoms with Gasteiger partial charge in [-0.1, -0.05) is 6.07 Å². The predicted octanol–water partition coefficient (Wildman–Crippen LogP) is 1.00. The van der Waals surface area contributed by atoms with E-state index >= 15 is 0 Å². The average Bonchev–Trinajstić information content (AvgIpc) is 2.66. The normalized spacial score (nSPS) is 24.7. The molecule has 1 aliphatic heterocycles. The van der Waals surface area contributed by atoms with Gasteiger partial charge in [-0.05, 0) is 31.9 Å². The number of aliphatic hydroxyl groups excluding tert-OH is 1. The molecule has 2 aromatic heterocycles. The molecule has 0 bridgehead atoms. The highest BCUT2D eigenvalue weighted by Crippen LogP contribution is 2.50. The molecule has 2 aromatic rings. The minimum atomic E-state index is -0.375. The Hall–Kier alpha value is -2.25. The lowest BCUT2D eigenvalue weighted by Crippen LogP contribution is -2.62. The van der Waals surface area contributed by atoms with Gasteiger partial charge in [0, 0.05) is 43.9 Å². The van der Waals surface area contributed by atoms with Crippen molar-refractivity contribution in [3.8, 4) is 0 Å². The van der Waals surface area contributed by atoms with Gasteiger partial charge in [-0.3, -0.25) is 14.0 Å². The van der Waals surface area contributed by atoms with E-state index in [9.17, 15) is 14.7 Å². The maximum absolute atomic E-state index is 12.9. The molecule has 1 saturated heterocycles. The number of ether oxygens (including phenoxy) is 1. The van der Waals surface area contributed by atoms with Crippen molar-refractivity contribution < 1.29 is 14.6 Å². The van der Waals surface area contributed by atoms with Gasteiger partial charge in [0.2, 0.25) is 0 Å². The molecule has 4 rings (SSSR count). The average molecular weight is 357 g/mol. The summed E-state index contributed by atoms with van der Waals surface area (Å²) in [5.74, 6) is -0.294. The molecule has 1 spiro atoms. The zero-order valence-electron chi connectivity index (χ0n) is 15.0. The van der Waals surface area contributed by atoms with Gasteiger partial charge in [0.25, 0.3) is 11.5 Å². The third-order valence-corrected chi connectivity index (χ3v) is 6.16. The smallest absolute Gasteiger partial charge is 0.270 e. The van der Waals surface area contributed by atoms with E-state index in [4.69, 9.17) is 4.74 Å². The lowest BCUT2D eigenvalue weighted by molar-refractivity contribution is -0.199. The molecule has 1 amide bonds. The molecule has 0 aromatic carbocycles. The molecule has 1 saturated carbocycles. The SMILES string of the molecule is COC1CC(O)C12CCN(C(=O)c1cnc3cccc(C)n3c1=O)CC2. The van der Waals surface area contributed by atoms with Crippen LogP contribution in [0.25, 0.3) is 5.65 Å². The van der Waals surface area contributed by atoms with Gasteiger partial charge < -0.3 is 14.7 Å². The van der Waals surface area contributed by atoms with E-state index in [1.807, 2.05) is 19.1 Å². The van der Waals surface area contributed by atoms with Crippen LogP contribution in [-0.2, 0) is 4.74 Å². The van der Waals surface area contributed by atoms with Crippen LogP contribution in [0.3, 0.4) is 0 Å². The first-order valence-corrected chi connectivity index (χ1v) is 8.95. The highest BCUT2D eigenvalue weighted by atomic mass is 16.5. The number of nitrogens with zero attached hydrogens (tertiary/aromatic N) is 3. The standard InChI is InChI=1S/C19H23N3O4/c1-12-4-3-5-16-20-11-13(18(25)22(12)16)17(24)21-8-6-19(7-9-21)14(23)10-15(19)26-2/h3-5,11,14-15,23H,6-10H2,1-2H3. The number of fused-ring (bicyclic) bond motifs is 1. The molecule has 2 unspecified atom stereocenters. The number of carbonyl (C=O) groups excluding carboxylic acids is 1. The van der Waals surface area contributed by atoms with Crippen molar-refractivity contribution in [3.05, 3.63) is 46.0 Å². The molecule has 7 heteroatoms. The number of methoxy groups -OCH3 is 1. The predicted molar refractivity (Wildman–Crippen MR) is 95.2 cm³/mol. The van der Waals surface area contributed by atoms with Crippen LogP contribution in [0.5, 0.6) is 0 Å². The lowest BCUT2D eigenvalue weighted by atomic mass is 9.58. The molecule has 0 radical (unpaired) electrons. The molecule has 7 nitrogen and oxygen atoms in total. The largest absolute Gasteiger partial charge is 0.392 e. The zero-order valence-corrected chi connectivity index (χ0v) is 15.0. The van der Waals surface area contributed by atoms with Crippen LogP contribution in [0.15, 0.2) is 29.2 Å². The van der Waals surface area contributed by atoms with Crippen LogP contribution in [-0.4, -0.2) is 57.7 Å². The maximum Gasteiger partial charge on any atom is 0.270 e. The molecule has 138 valence electrons. The van der Waals surface area contributed by atoms with Crippen molar-refractivity contribution in [2.24, 2.45) is 5.41 Å². The van der Waals surface area contributed by atoms with Crippen LogP contribution < -0.4 is 5.56 Å². The third kappa shape index (κ3) is 2.38. The number of likely N-dealkylation sites (tertiary alicyclic amines) is 1. The highest BCUT2D eigenvalue weighted by Gasteiger charge is 2.56. The maximum atomic E-state index is 12.9. The summed E-state index contributed by atoms with van der Waals surface area (Å²) in [6.45, 7) is 2.83. The summed E-state index contributed by atoms with van der Waals surface area (Å²) in [5.41, 5.74) is 0.776. The zero-order chi connectivity index (χ0) is 18.5. The summed E-state index contributed by atoms with van der Waals surface area (Å²) in [4.78, 5) is 31.7. The fraction of sp³-hybridized carbons (Fsp3) is 0.526. The number of rotatable bonds is 2. The summed E-state index contributed by atoms with van der Waals surface area (Å²) in [6, 6.07) is 5.40. The molecular formula is C19H23N3O4. The Balaban J connectivity index is 1.58. The van der Waals surface area contributed by atoms with Crippen LogP contribution >= 0.6 is 0 Å². The first-order valence-electron chi connectivity index (χ1n) is 8.95. The van der Waals surface area contributed by atoms with E-state index in [-0.39, 0.29) is 34.7 Å². The number of piperidine rings is 1. The Kier molecular flexibility index (Phi) is 4.08. The fourth-order valence-corrected chi connectivity index (χ4v) is 4.43. The first kappa shape index (κ1) is 17.2. The second-order valence-corrected chi connectivity index (χ2v) is 7.34. The highest BCUT2D eigenvalue weighted by molar-refractivity contribution is 5.93. The monoisotopic (exact) mass is 357 g/mol. The van der Waals surface area contributed by atoms with Crippen LogP contribution in [0.2, 0.25) is 0 Å². The Morgan fingerprint density at radius 2 is 2.08 bits per heavy atom. The molecule has 1 N–H and O–H groups in total. The Bertz CT molecular complexity index is 915. The number of carbonyl (C=O) groups is 1. The van der Waals surface area contributed by atoms with Crippen LogP contribution in [0.4, 0.5) is 0 Å². The van der Waals surface area contributed by atoms with Crippen molar-refractivity contribution in [1.29, 1.82) is 0 Å². The van der Waals surface area contributed by atoms with Gasteiger partial charge in [-0.15, -0.1) is 0 Å². The van der Waals surface area contributed by atoms with E-state index in [1.165, 1.54) is 10.6 Å². The fourth-order valence-electron chi connectivity index (χ4n) is 4.43. The first-order chi connectivity index (χ1) is 12.5. The van der Waals surface area contributed by atoms with Crippen molar-refractivity contribution >= 4 is 11.6 Å². The van der Waals surface area contributed by atoms with Gasteiger partial charge in [0.05, 0.1) is 12.2 Å². The van der Waals surface area contributed by atoms with E-state index in [0.29, 0.717) is 38.0 Å². The quantitative estimate of drug-likeness (QED) is 0.867. The minimum Gasteiger partial charge on any atom is -0.392 e. The van der Waals surface area contributed by atoms with Crippen molar-refractivity contribution in [1.82, 2.24) is 14.3 Å². The van der Waals surface area contributed by atoms with Crippen LogP contribution in [0, 0.1) is 12.3 Å². The molecule has 1 aliphatic carbocycles. The number of pyridine rings is 1. The molecule has 2 aliphatic rings. The van der Waals surface area contributed by atoms with Gasteiger partial charge in [-0.25, -0.2) is 4.98 Å². The van der Waals surface area contributed by atoms with Crippen LogP contribution in [0.1, 0.15) is 35.3 Å². The molecule has 3 heterocycles. The molecule has 2 atom stereocenters. The van der Waals surface area contributed by atoms with E-state index < -0.39 is 0 Å². The van der Waals surface area contributed by atoms with Gasteiger partial charge in [0.15, 0.2) is 0 Å². The minimum absolute atomic E-state index is 0.0466. The van der Waals surface area contributed by atoms with E-state index in [2.05, 4.69) is 4.98 Å². The number of aryl methyl sites for hydroxylation is 1. The van der Waals surface area contributed by atoms with Crippen molar-refractivity contribution in [2.45, 2.75) is 38.4 Å². The Morgan fingerprint density at radius 1 is 1.35 bits per heavy atom. The van der Waals surface area contributed by atoms with Gasteiger partial charge in [-0.2, -0.15) is 0 Å². The number of amides is 1. The number of hydrogen-bond donors (Lipinski definition) is 1. The molecule has 26 heavy (non-hydrogen) atoms. The van der Waals surface area contributed by atoms with Crippen molar-refractivity contribution in [2.75, 3.05) is 20.2 Å². The summed E-state index contributed by atoms with van der Waals surface area (Å²) in [6.07, 6.45) is 3.06. The van der Waals surface area contributed by atoms with Gasteiger partial charge in [0.1, 0.15) is 11.2 Å². The summed E-state index contributed by atoms with van der Waals surface area (Å²) >= 11 is 0. The topological polar surface area (TPSA) is 84.1 Å². The Morgan fingerprint density at radius 3 is 2.73 bits per heavy atom. The number of aromatic nitrogens is 2. The third-order valence-electron chi connectivity index (χ3n) is 6.16. The number of aliphatic hydroxyl groups is 1. The summed E-state index contributed by atoms with van der Waals surface area (Å²) in [5, 5.41) is 10.2. The summed E-state index contributed by atoms with van der Waals surface area (Å²) < 4.78 is 6.95. The summed E-state index contributed by atoms with van der Waals surface area (Å²) in [7, 11) is 1.67. The Labute approximate surface area is 151 Å². The second kappa shape index (κ2) is 6.17. The van der Waals surface area contributed by atoms with E-state index in [1.54, 1.807) is 18.1 Å². The van der Waals surface area contributed by atoms with E-state index in [0.717, 1.165) is 5.69 Å². The molecule has 2 fully saturated rings.